The van der Waals surface area contributed by atoms with Crippen molar-refractivity contribution in [2.24, 2.45) is 27.6 Å². The van der Waals surface area contributed by atoms with Crippen LogP contribution in [0.2, 0.25) is 0 Å². The van der Waals surface area contributed by atoms with Crippen LogP contribution in [0, 0.1) is 41.4 Å². The van der Waals surface area contributed by atoms with E-state index in [1.54, 1.807) is 12.1 Å². The van der Waals surface area contributed by atoms with E-state index in [2.05, 4.69) is 137 Å². The number of hydrogen-bond acceptors (Lipinski definition) is 10. The summed E-state index contributed by atoms with van der Waals surface area (Å²) in [6.07, 6.45) is 3.14. The summed E-state index contributed by atoms with van der Waals surface area (Å²) in [6, 6.07) is 27.4. The molecule has 2 atom stereocenters. The van der Waals surface area contributed by atoms with Crippen LogP contribution in [0.3, 0.4) is 0 Å². The zero-order valence-corrected chi connectivity index (χ0v) is 52.0. The predicted molar refractivity (Wildman–Crippen MR) is 324 cm³/mol. The summed E-state index contributed by atoms with van der Waals surface area (Å²) in [6.45, 7) is 43.9. The first kappa shape index (κ1) is 61.9. The molecule has 0 aliphatic heterocycles. The van der Waals surface area contributed by atoms with E-state index >= 15 is 0 Å². The van der Waals surface area contributed by atoms with Crippen LogP contribution < -0.4 is 20.7 Å². The number of thiol groups is 1. The summed E-state index contributed by atoms with van der Waals surface area (Å²) < 4.78 is 39.6. The summed E-state index contributed by atoms with van der Waals surface area (Å²) in [5, 5.41) is 1.60. The Kier molecular flexibility index (Phi) is 18.0. The van der Waals surface area contributed by atoms with Crippen LogP contribution >= 0.6 is 12.6 Å². The Morgan fingerprint density at radius 1 is 0.526 bits per heavy atom. The van der Waals surface area contributed by atoms with Gasteiger partial charge in [-0.05, 0) is 175 Å². The van der Waals surface area contributed by atoms with Crippen molar-refractivity contribution in [3.63, 3.8) is 0 Å². The average molecular weight is 1090 g/mol. The number of esters is 1. The van der Waals surface area contributed by atoms with Crippen LogP contribution in [0.1, 0.15) is 179 Å². The number of benzene rings is 4. The molecule has 0 N–H and O–H groups in total. The Labute approximate surface area is 472 Å². The molecule has 0 fully saturated rings. The van der Waals surface area contributed by atoms with E-state index in [1.165, 1.54) is 0 Å². The normalized spacial score (nSPS) is 14.4. The van der Waals surface area contributed by atoms with Gasteiger partial charge in [0, 0.05) is 29.3 Å². The first-order valence-electron chi connectivity index (χ1n) is 28.1. The lowest BCUT2D eigenvalue weighted by Gasteiger charge is -2.51. The van der Waals surface area contributed by atoms with Crippen molar-refractivity contribution in [2.45, 2.75) is 212 Å². The smallest absolute Gasteiger partial charge is 0.344 e. The molecule has 78 heavy (non-hydrogen) atoms. The zero-order chi connectivity index (χ0) is 58.4. The molecular weight excluding hydrogens is 993 g/mol. The van der Waals surface area contributed by atoms with Crippen molar-refractivity contribution >= 4 is 40.5 Å². The predicted octanol–water partition coefficient (Wildman–Crippen LogP) is 17.7. The van der Waals surface area contributed by atoms with Crippen molar-refractivity contribution in [1.82, 2.24) is 0 Å². The van der Waals surface area contributed by atoms with E-state index in [0.29, 0.717) is 59.5 Å². The Bertz CT molecular complexity index is 3060. The van der Waals surface area contributed by atoms with E-state index < -0.39 is 49.9 Å². The third-order valence-electron chi connectivity index (χ3n) is 14.9. The minimum atomic E-state index is -1.09. The lowest BCUT2D eigenvalue weighted by atomic mass is 9.64. The van der Waals surface area contributed by atoms with Crippen molar-refractivity contribution in [1.29, 1.82) is 0 Å². The molecule has 0 aliphatic carbocycles. The van der Waals surface area contributed by atoms with Crippen LogP contribution in [0.15, 0.2) is 103 Å². The highest BCUT2D eigenvalue weighted by Crippen LogP contribution is 2.50. The zero-order valence-electron chi connectivity index (χ0n) is 51.1. The Balaban J connectivity index is 1.30. The van der Waals surface area contributed by atoms with Crippen LogP contribution in [-0.4, -0.2) is 33.8 Å². The van der Waals surface area contributed by atoms with Gasteiger partial charge in [0.1, 0.15) is 44.4 Å². The first-order chi connectivity index (χ1) is 35.7. The summed E-state index contributed by atoms with van der Waals surface area (Å²) in [5.74, 6) is 0.602. The molecule has 0 spiro atoms. The van der Waals surface area contributed by atoms with Gasteiger partial charge in [0.2, 0.25) is 0 Å². The second kappa shape index (κ2) is 22.7. The second-order valence-corrected chi connectivity index (χ2v) is 29.0. The highest BCUT2D eigenvalue weighted by molar-refractivity contribution is 7.81. The van der Waals surface area contributed by atoms with Crippen molar-refractivity contribution in [3.05, 3.63) is 128 Å². The van der Waals surface area contributed by atoms with Gasteiger partial charge in [0.25, 0.3) is 0 Å². The SMILES string of the molecule is CCc1cc(C)ccc1-c1cc2ccc(OC(C)(C)CC(C)(C)C(OC(C)(S)CC(C)(C)OC(=O)C(CC(C)(C)C)C(C)(C)C)C(C)(C)CC(C)(C)Oc3ccc4cc(-c5ccc(C)cc5CC)c(=O)oc4c3)cc2oc1=O. The van der Waals surface area contributed by atoms with E-state index in [1.807, 2.05) is 81.4 Å². The van der Waals surface area contributed by atoms with Gasteiger partial charge >= 0.3 is 17.2 Å². The number of aryl methyl sites for hydroxylation is 4. The molecule has 4 aromatic carbocycles. The second-order valence-electron chi connectivity index (χ2n) is 28.1. The van der Waals surface area contributed by atoms with Crippen LogP contribution in [0.25, 0.3) is 44.2 Å². The van der Waals surface area contributed by atoms with Gasteiger partial charge < -0.3 is 27.8 Å². The maximum absolute atomic E-state index is 14.2. The maximum atomic E-state index is 14.2. The Morgan fingerprint density at radius 3 is 1.31 bits per heavy atom. The molecule has 9 nitrogen and oxygen atoms in total. The standard InChI is InChI=1S/C68H92O9S/c1-22-44-32-42(3)24-30-50(44)52-34-46-26-28-48(36-55(46)72-57(52)69)74-65(15,16)39-63(11,12)60(77-68(21,78)41-67(19,20)76-59(71)54(62(8,9)10)38-61(5,6)7)64(13,14)40-66(17,18)75-49-29-27-47-35-53(58(70)73-56(47)37-49)51-31-25-43(4)33-45(51)23-2/h24-37,54,60,78H,22-23,38-41H2,1-21H3. The molecule has 0 aliphatic rings. The molecule has 0 saturated heterocycles. The summed E-state index contributed by atoms with van der Waals surface area (Å²) in [5.41, 5.74) is 3.36. The lowest BCUT2D eigenvalue weighted by Crippen LogP contribution is -2.53. The van der Waals surface area contributed by atoms with Crippen molar-refractivity contribution in [3.8, 4) is 33.8 Å². The molecule has 2 unspecified atom stereocenters. The number of carbonyl (C=O) groups is 1. The number of fused-ring (bicyclic) bond motifs is 2. The van der Waals surface area contributed by atoms with E-state index in [9.17, 15) is 14.4 Å². The third-order valence-corrected chi connectivity index (χ3v) is 15.2. The van der Waals surface area contributed by atoms with Crippen molar-refractivity contribution < 1.29 is 32.6 Å². The quantitative estimate of drug-likeness (QED) is 0.0326. The highest BCUT2D eigenvalue weighted by Gasteiger charge is 2.51. The van der Waals surface area contributed by atoms with Gasteiger partial charge in [0.05, 0.1) is 23.1 Å². The van der Waals surface area contributed by atoms with Crippen LogP contribution in [0.4, 0.5) is 0 Å². The monoisotopic (exact) mass is 1080 g/mol. The van der Waals surface area contributed by atoms with Gasteiger partial charge in [0.15, 0.2) is 0 Å². The molecule has 2 heterocycles. The number of carbonyl (C=O) groups excluding carboxylic acids is 1. The molecule has 0 amide bonds. The molecule has 424 valence electrons. The maximum Gasteiger partial charge on any atom is 0.344 e. The molecule has 2 aromatic heterocycles. The van der Waals surface area contributed by atoms with Crippen LogP contribution in [0.5, 0.6) is 11.5 Å². The molecule has 0 saturated carbocycles. The minimum absolute atomic E-state index is 0.0778. The molecule has 6 rings (SSSR count). The molecule has 0 radical (unpaired) electrons. The van der Waals surface area contributed by atoms with Gasteiger partial charge in [-0.3, -0.25) is 4.79 Å². The first-order valence-corrected chi connectivity index (χ1v) is 28.5. The van der Waals surface area contributed by atoms with E-state index in [4.69, 9.17) is 40.4 Å². The van der Waals surface area contributed by atoms with Crippen LogP contribution in [-0.2, 0) is 27.1 Å². The van der Waals surface area contributed by atoms with E-state index in [0.717, 1.165) is 57.0 Å². The molecule has 6 aromatic rings. The molecule has 10 heteroatoms. The van der Waals surface area contributed by atoms with Gasteiger partial charge in [-0.15, -0.1) is 12.6 Å². The van der Waals surface area contributed by atoms with Gasteiger partial charge in [-0.1, -0.05) is 131 Å². The fraction of sp³-hybridized carbons (Fsp3) is 0.544. The highest BCUT2D eigenvalue weighted by atomic mass is 32.1. The third kappa shape index (κ3) is 15.7. The summed E-state index contributed by atoms with van der Waals surface area (Å²) in [7, 11) is 0. The van der Waals surface area contributed by atoms with E-state index in [-0.39, 0.29) is 22.7 Å². The molecule has 0 bridgehead atoms. The summed E-state index contributed by atoms with van der Waals surface area (Å²) in [4.78, 5) is 40.2. The van der Waals surface area contributed by atoms with Gasteiger partial charge in [-0.2, -0.15) is 0 Å². The number of rotatable bonds is 21. The fourth-order valence-electron chi connectivity index (χ4n) is 12.5. The number of hydrogen-bond donors (Lipinski definition) is 1. The summed E-state index contributed by atoms with van der Waals surface area (Å²) >= 11 is 5.30. The topological polar surface area (TPSA) is 114 Å². The van der Waals surface area contributed by atoms with Crippen molar-refractivity contribution in [2.75, 3.05) is 0 Å². The van der Waals surface area contributed by atoms with Gasteiger partial charge in [-0.25, -0.2) is 9.59 Å². The average Bonchev–Trinajstić information content (AvgIpc) is 3.27. The molecular formula is C68H92O9S. The fourth-order valence-corrected chi connectivity index (χ4v) is 13.0. The Hall–Kier alpha value is -5.32. The lowest BCUT2D eigenvalue weighted by molar-refractivity contribution is -0.187. The largest absolute Gasteiger partial charge is 0.488 e. The Morgan fingerprint density at radius 2 is 0.936 bits per heavy atom. The number of ether oxygens (including phenoxy) is 4. The minimum Gasteiger partial charge on any atom is -0.488 e.